The maximum atomic E-state index is 12.7. The number of nitrogens with zero attached hydrogens (tertiary/aromatic N) is 1. The number of allylic oxidation sites excluding steroid dienone is 2. The molecule has 0 bridgehead atoms. The highest BCUT2D eigenvalue weighted by Gasteiger charge is 2.15. The number of carbonyl (C=O) groups excluding carboxylic acids is 1. The minimum atomic E-state index is 0.0325. The van der Waals surface area contributed by atoms with Gasteiger partial charge in [0.1, 0.15) is 6.10 Å². The number of aliphatic hydroxyl groups excluding tert-OH is 1. The van der Waals surface area contributed by atoms with Crippen LogP contribution < -0.4 is 0 Å². The Morgan fingerprint density at radius 2 is 0.960 bits per heavy atom. The van der Waals surface area contributed by atoms with E-state index < -0.39 is 0 Å². The van der Waals surface area contributed by atoms with Gasteiger partial charge in [0, 0.05) is 13.0 Å². The second kappa shape index (κ2) is 40.9. The molecule has 0 saturated carbocycles. The van der Waals surface area contributed by atoms with Crippen molar-refractivity contribution in [1.82, 2.24) is 4.90 Å². The van der Waals surface area contributed by atoms with Crippen molar-refractivity contribution in [2.45, 2.75) is 246 Å². The fourth-order valence-corrected chi connectivity index (χ4v) is 7.36. The first-order valence-electron chi connectivity index (χ1n) is 22.7. The van der Waals surface area contributed by atoms with Crippen molar-refractivity contribution < 1.29 is 14.6 Å². The maximum absolute atomic E-state index is 12.7. The molecule has 0 aliphatic rings. The van der Waals surface area contributed by atoms with E-state index in [1.165, 1.54) is 180 Å². The van der Waals surface area contributed by atoms with Crippen LogP contribution in [0.25, 0.3) is 0 Å². The fourth-order valence-electron chi connectivity index (χ4n) is 7.36. The van der Waals surface area contributed by atoms with Gasteiger partial charge in [0.2, 0.25) is 0 Å². The van der Waals surface area contributed by atoms with Gasteiger partial charge in [-0.1, -0.05) is 175 Å². The molecule has 4 nitrogen and oxygen atoms in total. The topological polar surface area (TPSA) is 49.8 Å². The zero-order chi connectivity index (χ0) is 36.6. The third kappa shape index (κ3) is 36.9. The average Bonchev–Trinajstić information content (AvgIpc) is 3.10. The summed E-state index contributed by atoms with van der Waals surface area (Å²) >= 11 is 0. The number of aliphatic hydroxyl groups is 1. The lowest BCUT2D eigenvalue weighted by Gasteiger charge is -2.21. The van der Waals surface area contributed by atoms with Gasteiger partial charge in [0.25, 0.3) is 0 Å². The van der Waals surface area contributed by atoms with Crippen LogP contribution in [0.4, 0.5) is 0 Å². The van der Waals surface area contributed by atoms with Crippen LogP contribution in [0.5, 0.6) is 0 Å². The summed E-state index contributed by atoms with van der Waals surface area (Å²) < 4.78 is 6.05. The largest absolute Gasteiger partial charge is 0.462 e. The zero-order valence-corrected chi connectivity index (χ0v) is 34.7. The Kier molecular flexibility index (Phi) is 40.2. The van der Waals surface area contributed by atoms with Crippen LogP contribution in [-0.4, -0.2) is 48.3 Å². The van der Waals surface area contributed by atoms with Crippen molar-refractivity contribution in [1.29, 1.82) is 0 Å². The molecular formula is C46H91NO3. The molecule has 298 valence electrons. The van der Waals surface area contributed by atoms with Crippen LogP contribution >= 0.6 is 0 Å². The highest BCUT2D eigenvalue weighted by atomic mass is 16.5. The smallest absolute Gasteiger partial charge is 0.306 e. The molecule has 1 N–H and O–H groups in total. The van der Waals surface area contributed by atoms with Gasteiger partial charge in [-0.05, 0) is 89.6 Å². The van der Waals surface area contributed by atoms with Gasteiger partial charge >= 0.3 is 5.97 Å². The Labute approximate surface area is 314 Å². The second-order valence-electron chi connectivity index (χ2n) is 15.9. The lowest BCUT2D eigenvalue weighted by Crippen LogP contribution is -2.29. The average molecular weight is 706 g/mol. The highest BCUT2D eigenvalue weighted by molar-refractivity contribution is 5.69. The quantitative estimate of drug-likeness (QED) is 0.0391. The molecule has 50 heavy (non-hydrogen) atoms. The van der Waals surface area contributed by atoms with Crippen LogP contribution in [0.3, 0.4) is 0 Å². The lowest BCUT2D eigenvalue weighted by molar-refractivity contribution is -0.150. The van der Waals surface area contributed by atoms with Crippen molar-refractivity contribution in [2.24, 2.45) is 5.92 Å². The molecule has 0 fully saturated rings. The SMILES string of the molecule is CCCCCCCC/C=C\CCCCCCCCN(CCO)CCCCCCCC(=O)OC(CCCCCCCC)CCCCC(C)CCC. The third-order valence-electron chi connectivity index (χ3n) is 10.7. The Bertz CT molecular complexity index is 695. The summed E-state index contributed by atoms with van der Waals surface area (Å²) in [5, 5.41) is 9.56. The number of ether oxygens (including phenoxy) is 1. The molecule has 0 radical (unpaired) electrons. The van der Waals surface area contributed by atoms with Crippen LogP contribution in [0.15, 0.2) is 12.2 Å². The fraction of sp³-hybridized carbons (Fsp3) is 0.935. The second-order valence-corrected chi connectivity index (χ2v) is 15.9. The lowest BCUT2D eigenvalue weighted by atomic mass is 9.97. The summed E-state index contributed by atoms with van der Waals surface area (Å²) in [5.41, 5.74) is 0. The monoisotopic (exact) mass is 706 g/mol. The summed E-state index contributed by atoms with van der Waals surface area (Å²) in [4.78, 5) is 15.2. The minimum Gasteiger partial charge on any atom is -0.462 e. The number of esters is 1. The molecule has 0 saturated heterocycles. The molecule has 0 aromatic heterocycles. The van der Waals surface area contributed by atoms with Crippen LogP contribution in [-0.2, 0) is 9.53 Å². The van der Waals surface area contributed by atoms with E-state index in [1.807, 2.05) is 0 Å². The van der Waals surface area contributed by atoms with E-state index in [-0.39, 0.29) is 18.7 Å². The van der Waals surface area contributed by atoms with Crippen LogP contribution in [0.2, 0.25) is 0 Å². The number of hydrogen-bond acceptors (Lipinski definition) is 4. The standard InChI is InChI=1S/C46H91NO3/c1-5-8-10-12-14-15-16-17-18-19-20-21-22-23-27-33-40-47(42-43-48)41-34-28-24-26-30-39-46(49)50-45(37-29-25-13-11-9-6-2)38-32-31-36-44(4)35-7-3/h17-18,44-45,48H,5-16,19-43H2,1-4H3/b18-17-. The Morgan fingerprint density at radius 1 is 0.520 bits per heavy atom. The van der Waals surface area contributed by atoms with Gasteiger partial charge in [-0.15, -0.1) is 0 Å². The summed E-state index contributed by atoms with van der Waals surface area (Å²) in [7, 11) is 0. The Hall–Kier alpha value is -0.870. The maximum Gasteiger partial charge on any atom is 0.306 e. The van der Waals surface area contributed by atoms with E-state index in [0.29, 0.717) is 6.42 Å². The van der Waals surface area contributed by atoms with Gasteiger partial charge in [-0.2, -0.15) is 0 Å². The van der Waals surface area contributed by atoms with Crippen molar-refractivity contribution >= 4 is 5.97 Å². The molecule has 2 unspecified atom stereocenters. The summed E-state index contributed by atoms with van der Waals surface area (Å²) in [6.07, 6.45) is 46.2. The minimum absolute atomic E-state index is 0.0325. The predicted molar refractivity (Wildman–Crippen MR) is 221 cm³/mol. The van der Waals surface area contributed by atoms with E-state index in [4.69, 9.17) is 4.74 Å². The number of carbonyl (C=O) groups is 1. The van der Waals surface area contributed by atoms with Crippen molar-refractivity contribution in [3.63, 3.8) is 0 Å². The molecular weight excluding hydrogens is 615 g/mol. The van der Waals surface area contributed by atoms with E-state index in [2.05, 4.69) is 44.7 Å². The first kappa shape index (κ1) is 49.1. The summed E-state index contributed by atoms with van der Waals surface area (Å²) in [6, 6.07) is 0. The van der Waals surface area contributed by atoms with Gasteiger partial charge in [-0.25, -0.2) is 0 Å². The number of hydrogen-bond donors (Lipinski definition) is 1. The molecule has 0 spiro atoms. The molecule has 4 heteroatoms. The van der Waals surface area contributed by atoms with E-state index in [0.717, 1.165) is 51.2 Å². The summed E-state index contributed by atoms with van der Waals surface area (Å²) in [6.45, 7) is 12.5. The van der Waals surface area contributed by atoms with E-state index >= 15 is 0 Å². The van der Waals surface area contributed by atoms with Crippen LogP contribution in [0, 0.1) is 5.92 Å². The predicted octanol–water partition coefficient (Wildman–Crippen LogP) is 14.3. The van der Waals surface area contributed by atoms with Crippen molar-refractivity contribution in [2.75, 3.05) is 26.2 Å². The molecule has 0 aliphatic heterocycles. The van der Waals surface area contributed by atoms with Crippen LogP contribution in [0.1, 0.15) is 240 Å². The Balaban J connectivity index is 3.96. The van der Waals surface area contributed by atoms with Crippen molar-refractivity contribution in [3.8, 4) is 0 Å². The molecule has 0 heterocycles. The third-order valence-corrected chi connectivity index (χ3v) is 10.7. The normalized spacial score (nSPS) is 13.1. The van der Waals surface area contributed by atoms with Gasteiger partial charge in [0.15, 0.2) is 0 Å². The summed E-state index contributed by atoms with van der Waals surface area (Å²) in [5.74, 6) is 0.851. The first-order chi connectivity index (χ1) is 24.6. The number of rotatable bonds is 41. The van der Waals surface area contributed by atoms with Gasteiger partial charge in [0.05, 0.1) is 6.61 Å². The van der Waals surface area contributed by atoms with E-state index in [1.54, 1.807) is 0 Å². The molecule has 0 aromatic carbocycles. The zero-order valence-electron chi connectivity index (χ0n) is 34.7. The Morgan fingerprint density at radius 3 is 1.48 bits per heavy atom. The molecule has 0 rings (SSSR count). The van der Waals surface area contributed by atoms with Gasteiger partial charge < -0.3 is 14.7 Å². The molecule has 0 amide bonds. The molecule has 0 aliphatic carbocycles. The van der Waals surface area contributed by atoms with Gasteiger partial charge in [-0.3, -0.25) is 4.79 Å². The molecule has 0 aromatic rings. The van der Waals surface area contributed by atoms with E-state index in [9.17, 15) is 9.90 Å². The van der Waals surface area contributed by atoms with Crippen molar-refractivity contribution in [3.05, 3.63) is 12.2 Å². The number of unbranched alkanes of at least 4 members (excludes halogenated alkanes) is 22. The molecule has 2 atom stereocenters. The highest BCUT2D eigenvalue weighted by Crippen LogP contribution is 2.20. The first-order valence-corrected chi connectivity index (χ1v) is 22.7.